The van der Waals surface area contributed by atoms with Crippen molar-refractivity contribution in [1.29, 1.82) is 0 Å². The van der Waals surface area contributed by atoms with Crippen molar-refractivity contribution in [1.82, 2.24) is 0 Å². The lowest BCUT2D eigenvalue weighted by Gasteiger charge is -2.12. The number of amides is 1. The number of nitro benzene ring substituents is 1. The summed E-state index contributed by atoms with van der Waals surface area (Å²) in [6.07, 6.45) is 0. The van der Waals surface area contributed by atoms with Gasteiger partial charge in [-0.3, -0.25) is 14.9 Å². The van der Waals surface area contributed by atoms with Crippen LogP contribution in [0.15, 0.2) is 36.4 Å². The van der Waals surface area contributed by atoms with E-state index < -0.39 is 16.9 Å². The van der Waals surface area contributed by atoms with Crippen LogP contribution in [0.4, 0.5) is 5.69 Å². The lowest BCUT2D eigenvalue weighted by atomic mass is 10.1. The predicted molar refractivity (Wildman–Crippen MR) is 73.3 cm³/mol. The molecule has 1 amide bonds. The minimum absolute atomic E-state index is 0.00727. The number of nitrogens with zero attached hydrogens (tertiary/aromatic N) is 1. The van der Waals surface area contributed by atoms with Gasteiger partial charge < -0.3 is 16.2 Å². The van der Waals surface area contributed by atoms with E-state index in [1.54, 1.807) is 24.3 Å². The molecule has 4 N–H and O–H groups in total. The van der Waals surface area contributed by atoms with Gasteiger partial charge in [-0.15, -0.1) is 0 Å². The number of non-ortho nitro benzene ring substituents is 1. The zero-order valence-electron chi connectivity index (χ0n) is 10.5. The van der Waals surface area contributed by atoms with E-state index in [1.165, 1.54) is 12.1 Å². The van der Waals surface area contributed by atoms with Crippen LogP contribution in [0, 0.1) is 10.1 Å². The zero-order valence-corrected chi connectivity index (χ0v) is 10.5. The highest BCUT2D eigenvalue weighted by molar-refractivity contribution is 5.95. The summed E-state index contributed by atoms with van der Waals surface area (Å²) < 4.78 is 5.43. The smallest absolute Gasteiger partial charge is 0.277 e. The number of benzene rings is 2. The quantitative estimate of drug-likeness (QED) is 0.621. The summed E-state index contributed by atoms with van der Waals surface area (Å²) in [7, 11) is 0. The van der Waals surface area contributed by atoms with Gasteiger partial charge in [0.2, 0.25) is 5.91 Å². The number of fused-ring (bicyclic) bond motifs is 1. The molecule has 2 aromatic carbocycles. The first-order chi connectivity index (χ1) is 9.50. The molecule has 0 heterocycles. The number of nitrogens with two attached hydrogens (primary N) is 2. The van der Waals surface area contributed by atoms with Gasteiger partial charge in [0.15, 0.2) is 0 Å². The minimum atomic E-state index is -0.927. The molecule has 0 saturated heterocycles. The van der Waals surface area contributed by atoms with Crippen molar-refractivity contribution >= 4 is 22.4 Å². The Labute approximate surface area is 114 Å². The lowest BCUT2D eigenvalue weighted by Crippen LogP contribution is -2.41. The maximum atomic E-state index is 11.0. The molecule has 0 bridgehead atoms. The van der Waals surface area contributed by atoms with Crippen LogP contribution < -0.4 is 16.2 Å². The fourth-order valence-electron chi connectivity index (χ4n) is 1.80. The Morgan fingerprint density at radius 1 is 1.25 bits per heavy atom. The second kappa shape index (κ2) is 5.54. The van der Waals surface area contributed by atoms with Gasteiger partial charge in [0, 0.05) is 11.5 Å². The summed E-state index contributed by atoms with van der Waals surface area (Å²) in [6.45, 7) is -0.0862. The first-order valence-electron chi connectivity index (χ1n) is 5.84. The van der Waals surface area contributed by atoms with E-state index in [0.717, 1.165) is 0 Å². The zero-order chi connectivity index (χ0) is 14.7. The van der Waals surface area contributed by atoms with Crippen LogP contribution in [-0.4, -0.2) is 23.5 Å². The maximum absolute atomic E-state index is 11.0. The molecule has 7 heteroatoms. The number of primary amides is 1. The number of ether oxygens (including phenoxy) is 1. The Balaban J connectivity index is 2.38. The molecule has 1 atom stereocenters. The van der Waals surface area contributed by atoms with Gasteiger partial charge in [-0.05, 0) is 12.1 Å². The second-order valence-electron chi connectivity index (χ2n) is 4.21. The second-order valence-corrected chi connectivity index (χ2v) is 4.21. The number of carbonyl (C=O) groups is 1. The highest BCUT2D eigenvalue weighted by Gasteiger charge is 2.16. The van der Waals surface area contributed by atoms with Gasteiger partial charge in [0.05, 0.1) is 10.3 Å². The number of hydrogen-bond acceptors (Lipinski definition) is 5. The van der Waals surface area contributed by atoms with Crippen molar-refractivity contribution in [2.24, 2.45) is 11.5 Å². The van der Waals surface area contributed by atoms with Crippen molar-refractivity contribution in [3.8, 4) is 5.75 Å². The molecular formula is C13H13N3O4. The molecule has 0 aliphatic carbocycles. The third kappa shape index (κ3) is 2.67. The van der Waals surface area contributed by atoms with Gasteiger partial charge in [-0.25, -0.2) is 0 Å². The summed E-state index contributed by atoms with van der Waals surface area (Å²) in [4.78, 5) is 21.4. The lowest BCUT2D eigenvalue weighted by molar-refractivity contribution is -0.383. The van der Waals surface area contributed by atoms with Crippen LogP contribution in [0.25, 0.3) is 10.8 Å². The molecule has 2 rings (SSSR count). The third-order valence-corrected chi connectivity index (χ3v) is 2.84. The van der Waals surface area contributed by atoms with Crippen molar-refractivity contribution in [3.63, 3.8) is 0 Å². The normalized spacial score (nSPS) is 12.1. The number of hydrogen-bond donors (Lipinski definition) is 2. The summed E-state index contributed by atoms with van der Waals surface area (Å²) in [5, 5.41) is 12.0. The van der Waals surface area contributed by atoms with Gasteiger partial charge in [0.25, 0.3) is 5.69 Å². The Bertz CT molecular complexity index is 672. The van der Waals surface area contributed by atoms with Crippen LogP contribution in [0.1, 0.15) is 0 Å². The standard InChI is InChI=1S/C13H13N3O4/c14-10(13(15)17)7-20-12-6-5-11(16(18)19)8-3-1-2-4-9(8)12/h1-6,10H,7,14H2,(H2,15,17). The Morgan fingerprint density at radius 2 is 1.90 bits per heavy atom. The van der Waals surface area contributed by atoms with Crippen molar-refractivity contribution in [3.05, 3.63) is 46.5 Å². The third-order valence-electron chi connectivity index (χ3n) is 2.84. The molecule has 2 aromatic rings. The molecule has 0 aliphatic heterocycles. The molecule has 0 fully saturated rings. The Morgan fingerprint density at radius 3 is 2.50 bits per heavy atom. The van der Waals surface area contributed by atoms with Gasteiger partial charge in [-0.1, -0.05) is 18.2 Å². The minimum Gasteiger partial charge on any atom is -0.491 e. The molecule has 0 radical (unpaired) electrons. The highest BCUT2D eigenvalue weighted by Crippen LogP contribution is 2.32. The predicted octanol–water partition coefficient (Wildman–Crippen LogP) is 0.939. The monoisotopic (exact) mass is 275 g/mol. The Kier molecular flexibility index (Phi) is 3.81. The molecule has 0 spiro atoms. The first kappa shape index (κ1) is 13.8. The Hall–Kier alpha value is -2.67. The van der Waals surface area contributed by atoms with E-state index in [-0.39, 0.29) is 12.3 Å². The number of carbonyl (C=O) groups excluding carboxylic acids is 1. The molecule has 0 aliphatic rings. The van der Waals surface area contributed by atoms with Crippen molar-refractivity contribution in [2.75, 3.05) is 6.61 Å². The summed E-state index contributed by atoms with van der Waals surface area (Å²) in [5.74, 6) is -0.251. The molecule has 7 nitrogen and oxygen atoms in total. The van der Waals surface area contributed by atoms with Crippen LogP contribution in [-0.2, 0) is 4.79 Å². The molecule has 1 unspecified atom stereocenters. The molecule has 0 saturated carbocycles. The van der Waals surface area contributed by atoms with E-state index in [1.807, 2.05) is 0 Å². The van der Waals surface area contributed by atoms with Gasteiger partial charge in [-0.2, -0.15) is 0 Å². The van der Waals surface area contributed by atoms with Crippen molar-refractivity contribution < 1.29 is 14.5 Å². The fraction of sp³-hybridized carbons (Fsp3) is 0.154. The van der Waals surface area contributed by atoms with E-state index in [9.17, 15) is 14.9 Å². The topological polar surface area (TPSA) is 121 Å². The number of rotatable bonds is 5. The highest BCUT2D eigenvalue weighted by atomic mass is 16.6. The van der Waals surface area contributed by atoms with Gasteiger partial charge in [0.1, 0.15) is 18.4 Å². The largest absolute Gasteiger partial charge is 0.491 e. The van der Waals surface area contributed by atoms with Crippen LogP contribution in [0.2, 0.25) is 0 Å². The van der Waals surface area contributed by atoms with Crippen molar-refractivity contribution in [2.45, 2.75) is 6.04 Å². The van der Waals surface area contributed by atoms with E-state index in [0.29, 0.717) is 16.5 Å². The summed E-state index contributed by atoms with van der Waals surface area (Å²) in [5.41, 5.74) is 10.5. The summed E-state index contributed by atoms with van der Waals surface area (Å²) in [6, 6.07) is 8.69. The van der Waals surface area contributed by atoms with E-state index in [4.69, 9.17) is 16.2 Å². The fourth-order valence-corrected chi connectivity index (χ4v) is 1.80. The van der Waals surface area contributed by atoms with Crippen LogP contribution in [0.5, 0.6) is 5.75 Å². The number of nitro groups is 1. The molecule has 20 heavy (non-hydrogen) atoms. The molecule has 0 aromatic heterocycles. The average molecular weight is 275 g/mol. The maximum Gasteiger partial charge on any atom is 0.277 e. The first-order valence-corrected chi connectivity index (χ1v) is 5.84. The van der Waals surface area contributed by atoms with E-state index >= 15 is 0 Å². The van der Waals surface area contributed by atoms with Crippen LogP contribution >= 0.6 is 0 Å². The SMILES string of the molecule is NC(=O)C(N)COc1ccc([N+](=O)[O-])c2ccccc12. The van der Waals surface area contributed by atoms with Crippen LogP contribution in [0.3, 0.4) is 0 Å². The molecule has 104 valence electrons. The van der Waals surface area contributed by atoms with Gasteiger partial charge >= 0.3 is 0 Å². The molecular weight excluding hydrogens is 262 g/mol. The summed E-state index contributed by atoms with van der Waals surface area (Å²) >= 11 is 0. The van der Waals surface area contributed by atoms with E-state index in [2.05, 4.69) is 0 Å². The average Bonchev–Trinajstić information content (AvgIpc) is 2.43.